The second-order valence-electron chi connectivity index (χ2n) is 4.80. The number of aromatic nitrogens is 2. The maximum absolute atomic E-state index is 11.2. The summed E-state index contributed by atoms with van der Waals surface area (Å²) in [4.78, 5) is 15.1. The van der Waals surface area contributed by atoms with E-state index in [1.165, 1.54) is 5.48 Å². The van der Waals surface area contributed by atoms with Gasteiger partial charge in [0.05, 0.1) is 0 Å². The third-order valence-corrected chi connectivity index (χ3v) is 3.68. The molecule has 8 heteroatoms. The molecule has 0 bridgehead atoms. The predicted octanol–water partition coefficient (Wildman–Crippen LogP) is 3.20. The zero-order valence-corrected chi connectivity index (χ0v) is 13.9. The number of nitrogens with zero attached hydrogens (tertiary/aromatic N) is 2. The number of hydroxylamine groups is 1. The van der Waals surface area contributed by atoms with Gasteiger partial charge in [0.2, 0.25) is 5.82 Å². The van der Waals surface area contributed by atoms with E-state index >= 15 is 0 Å². The zero-order valence-electron chi connectivity index (χ0n) is 12.3. The standard InChI is InChI=1S/C16H12BrN3O4/c17-12-5-7-13(8-6-12)23-9-10-1-3-11(4-2-10)14-18-16(24-20-14)15(21)19-22/h1-8,22H,9H2,(H,19,21). The number of amides is 1. The maximum atomic E-state index is 11.2. The summed E-state index contributed by atoms with van der Waals surface area (Å²) in [7, 11) is 0. The van der Waals surface area contributed by atoms with Crippen molar-refractivity contribution < 1.29 is 19.3 Å². The van der Waals surface area contributed by atoms with Crippen molar-refractivity contribution in [2.75, 3.05) is 0 Å². The molecular formula is C16H12BrN3O4. The smallest absolute Gasteiger partial charge is 0.333 e. The minimum Gasteiger partial charge on any atom is -0.489 e. The lowest BCUT2D eigenvalue weighted by atomic mass is 10.1. The number of ether oxygens (including phenoxy) is 1. The Bertz CT molecular complexity index is 831. The second kappa shape index (κ2) is 7.24. The molecule has 0 radical (unpaired) electrons. The van der Waals surface area contributed by atoms with Gasteiger partial charge < -0.3 is 9.26 Å². The third-order valence-electron chi connectivity index (χ3n) is 3.15. The number of carbonyl (C=O) groups excluding carboxylic acids is 1. The molecule has 0 saturated heterocycles. The molecule has 1 heterocycles. The van der Waals surface area contributed by atoms with E-state index in [1.807, 2.05) is 36.4 Å². The quantitative estimate of drug-likeness (QED) is 0.513. The lowest BCUT2D eigenvalue weighted by Gasteiger charge is -2.06. The third kappa shape index (κ3) is 3.79. The van der Waals surface area contributed by atoms with Gasteiger partial charge in [-0.05, 0) is 29.8 Å². The largest absolute Gasteiger partial charge is 0.489 e. The normalized spacial score (nSPS) is 10.4. The van der Waals surface area contributed by atoms with Crippen molar-refractivity contribution in [3.05, 3.63) is 64.5 Å². The van der Waals surface area contributed by atoms with Gasteiger partial charge in [0.25, 0.3) is 0 Å². The van der Waals surface area contributed by atoms with E-state index in [2.05, 4.69) is 26.1 Å². The lowest BCUT2D eigenvalue weighted by molar-refractivity contribution is 0.0659. The van der Waals surface area contributed by atoms with Crippen LogP contribution in [0.5, 0.6) is 5.75 Å². The molecular weight excluding hydrogens is 378 g/mol. The molecule has 3 rings (SSSR count). The first-order valence-corrected chi connectivity index (χ1v) is 7.71. The maximum Gasteiger partial charge on any atom is 0.333 e. The van der Waals surface area contributed by atoms with Gasteiger partial charge in [0.1, 0.15) is 12.4 Å². The van der Waals surface area contributed by atoms with Gasteiger partial charge in [-0.15, -0.1) is 0 Å². The van der Waals surface area contributed by atoms with Crippen LogP contribution < -0.4 is 10.2 Å². The average molecular weight is 390 g/mol. The Morgan fingerprint density at radius 1 is 1.17 bits per heavy atom. The van der Waals surface area contributed by atoms with E-state index in [9.17, 15) is 4.79 Å². The average Bonchev–Trinajstić information content (AvgIpc) is 3.11. The van der Waals surface area contributed by atoms with E-state index in [4.69, 9.17) is 14.5 Å². The first-order chi connectivity index (χ1) is 11.7. The topological polar surface area (TPSA) is 97.5 Å². The van der Waals surface area contributed by atoms with Gasteiger partial charge in [0.15, 0.2) is 0 Å². The van der Waals surface area contributed by atoms with Crippen LogP contribution in [0.1, 0.15) is 16.2 Å². The predicted molar refractivity (Wildman–Crippen MR) is 87.5 cm³/mol. The van der Waals surface area contributed by atoms with Crippen molar-refractivity contribution in [1.29, 1.82) is 0 Å². The van der Waals surface area contributed by atoms with E-state index in [1.54, 1.807) is 12.1 Å². The Kier molecular flexibility index (Phi) is 4.88. The summed E-state index contributed by atoms with van der Waals surface area (Å²) < 4.78 is 11.4. The highest BCUT2D eigenvalue weighted by Crippen LogP contribution is 2.19. The van der Waals surface area contributed by atoms with E-state index in [0.717, 1.165) is 15.8 Å². The molecule has 0 aliphatic carbocycles. The van der Waals surface area contributed by atoms with Crippen LogP contribution in [-0.4, -0.2) is 21.3 Å². The van der Waals surface area contributed by atoms with Crippen molar-refractivity contribution >= 4 is 21.8 Å². The van der Waals surface area contributed by atoms with Gasteiger partial charge in [0, 0.05) is 10.0 Å². The summed E-state index contributed by atoms with van der Waals surface area (Å²) in [6.45, 7) is 0.423. The van der Waals surface area contributed by atoms with Crippen LogP contribution in [0.2, 0.25) is 0 Å². The van der Waals surface area contributed by atoms with Crippen LogP contribution in [0.3, 0.4) is 0 Å². The van der Waals surface area contributed by atoms with Crippen LogP contribution in [0.25, 0.3) is 11.4 Å². The van der Waals surface area contributed by atoms with Gasteiger partial charge in [-0.3, -0.25) is 10.0 Å². The van der Waals surface area contributed by atoms with Crippen LogP contribution in [0.15, 0.2) is 57.5 Å². The number of nitrogens with one attached hydrogen (secondary N) is 1. The summed E-state index contributed by atoms with van der Waals surface area (Å²) in [6, 6.07) is 14.9. The molecule has 2 aromatic carbocycles. The first kappa shape index (κ1) is 16.2. The van der Waals surface area contributed by atoms with Gasteiger partial charge in [-0.2, -0.15) is 4.98 Å². The Morgan fingerprint density at radius 2 is 1.88 bits per heavy atom. The minimum absolute atomic E-state index is 0.258. The Labute approximate surface area is 145 Å². The summed E-state index contributed by atoms with van der Waals surface area (Å²) in [5, 5.41) is 12.2. The molecule has 122 valence electrons. The number of halogens is 1. The van der Waals surface area contributed by atoms with Crippen molar-refractivity contribution in [1.82, 2.24) is 15.6 Å². The fourth-order valence-corrected chi connectivity index (χ4v) is 2.19. The van der Waals surface area contributed by atoms with E-state index in [0.29, 0.717) is 12.2 Å². The van der Waals surface area contributed by atoms with E-state index in [-0.39, 0.29) is 11.7 Å². The molecule has 24 heavy (non-hydrogen) atoms. The van der Waals surface area contributed by atoms with Gasteiger partial charge >= 0.3 is 11.8 Å². The zero-order chi connectivity index (χ0) is 16.9. The molecule has 1 aromatic heterocycles. The SMILES string of the molecule is O=C(NO)c1nc(-c2ccc(COc3ccc(Br)cc3)cc2)no1. The molecule has 0 aliphatic heterocycles. The highest BCUT2D eigenvalue weighted by molar-refractivity contribution is 9.10. The summed E-state index contributed by atoms with van der Waals surface area (Å²) in [6.07, 6.45) is 0. The number of hydrogen-bond acceptors (Lipinski definition) is 6. The summed E-state index contributed by atoms with van der Waals surface area (Å²) in [5.74, 6) is -0.127. The van der Waals surface area contributed by atoms with Crippen LogP contribution in [-0.2, 0) is 6.61 Å². The molecule has 0 unspecified atom stereocenters. The van der Waals surface area contributed by atoms with Crippen molar-refractivity contribution in [2.45, 2.75) is 6.61 Å². The molecule has 2 N–H and O–H groups in total. The lowest BCUT2D eigenvalue weighted by Crippen LogP contribution is -2.18. The fraction of sp³-hybridized carbons (Fsp3) is 0.0625. The highest BCUT2D eigenvalue weighted by Gasteiger charge is 2.15. The van der Waals surface area contributed by atoms with E-state index < -0.39 is 5.91 Å². The van der Waals surface area contributed by atoms with Crippen molar-refractivity contribution in [3.8, 4) is 17.1 Å². The second-order valence-corrected chi connectivity index (χ2v) is 5.72. The monoisotopic (exact) mass is 389 g/mol. The molecule has 0 aliphatic rings. The molecule has 0 fully saturated rings. The molecule has 0 spiro atoms. The Hall–Kier alpha value is -2.71. The fourth-order valence-electron chi connectivity index (χ4n) is 1.93. The highest BCUT2D eigenvalue weighted by atomic mass is 79.9. The first-order valence-electron chi connectivity index (χ1n) is 6.91. The molecule has 3 aromatic rings. The number of benzene rings is 2. The summed E-state index contributed by atoms with van der Waals surface area (Å²) in [5.41, 5.74) is 3.09. The molecule has 0 saturated carbocycles. The summed E-state index contributed by atoms with van der Waals surface area (Å²) >= 11 is 3.37. The van der Waals surface area contributed by atoms with Crippen molar-refractivity contribution in [2.24, 2.45) is 0 Å². The van der Waals surface area contributed by atoms with Gasteiger partial charge in [-0.1, -0.05) is 45.4 Å². The number of hydrogen-bond donors (Lipinski definition) is 2. The Balaban J connectivity index is 1.65. The minimum atomic E-state index is -0.853. The van der Waals surface area contributed by atoms with Crippen LogP contribution in [0, 0.1) is 0 Å². The van der Waals surface area contributed by atoms with Crippen LogP contribution >= 0.6 is 15.9 Å². The molecule has 7 nitrogen and oxygen atoms in total. The van der Waals surface area contributed by atoms with Gasteiger partial charge in [-0.25, -0.2) is 5.48 Å². The van der Waals surface area contributed by atoms with Crippen LogP contribution in [0.4, 0.5) is 0 Å². The molecule has 1 amide bonds. The van der Waals surface area contributed by atoms with Crippen molar-refractivity contribution in [3.63, 3.8) is 0 Å². The number of carbonyl (C=O) groups is 1. The Morgan fingerprint density at radius 3 is 2.54 bits per heavy atom. The molecule has 0 atom stereocenters. The number of rotatable bonds is 5.